The predicted octanol–water partition coefficient (Wildman–Crippen LogP) is 2.23. The molecule has 1 aromatic heterocycles. The van der Waals surface area contributed by atoms with Crippen molar-refractivity contribution >= 4 is 0 Å². The van der Waals surface area contributed by atoms with Crippen LogP contribution in [-0.4, -0.2) is 34.2 Å². The molecule has 21 heavy (non-hydrogen) atoms. The fraction of sp³-hybridized carbons (Fsp3) is 0.412. The lowest BCUT2D eigenvalue weighted by molar-refractivity contribution is 0.190. The Labute approximate surface area is 126 Å². The second kappa shape index (κ2) is 7.29. The zero-order chi connectivity index (χ0) is 14.3. The summed E-state index contributed by atoms with van der Waals surface area (Å²) in [6.45, 7) is 4.20. The van der Waals surface area contributed by atoms with Crippen molar-refractivity contribution in [1.29, 1.82) is 0 Å². The van der Waals surface area contributed by atoms with Gasteiger partial charge in [-0.3, -0.25) is 4.90 Å². The summed E-state index contributed by atoms with van der Waals surface area (Å²) in [5.74, 6) is 0. The first-order valence-corrected chi connectivity index (χ1v) is 7.66. The zero-order valence-electron chi connectivity index (χ0n) is 12.3. The maximum absolute atomic E-state index is 4.11. The van der Waals surface area contributed by atoms with Crippen molar-refractivity contribution in [2.24, 2.45) is 0 Å². The number of aromatic nitrogens is 2. The minimum Gasteiger partial charge on any atom is -0.308 e. The second-order valence-corrected chi connectivity index (χ2v) is 5.63. The predicted molar refractivity (Wildman–Crippen MR) is 83.6 cm³/mol. The molecule has 0 radical (unpaired) electrons. The third-order valence-electron chi connectivity index (χ3n) is 4.04. The first-order valence-electron chi connectivity index (χ1n) is 7.66. The van der Waals surface area contributed by atoms with Crippen LogP contribution in [0.3, 0.4) is 0 Å². The molecule has 4 nitrogen and oxygen atoms in total. The number of benzene rings is 1. The molecule has 4 heteroatoms. The Morgan fingerprint density at radius 1 is 1.05 bits per heavy atom. The van der Waals surface area contributed by atoms with Gasteiger partial charge in [0.05, 0.1) is 5.69 Å². The molecule has 2 aromatic rings. The van der Waals surface area contributed by atoms with Crippen LogP contribution in [0.4, 0.5) is 0 Å². The van der Waals surface area contributed by atoms with Crippen molar-refractivity contribution in [1.82, 2.24) is 20.4 Å². The van der Waals surface area contributed by atoms with E-state index >= 15 is 0 Å². The Kier molecular flexibility index (Phi) is 4.92. The molecule has 0 saturated carbocycles. The standard InChI is InChI=1S/C17H22N4/c1-2-5-15(6-3-1)14-21-11-8-16(9-12-21)18-13-17-7-4-10-19-20-17/h1-7,10,16,18H,8-9,11-14H2. The maximum Gasteiger partial charge on any atom is 0.0769 e. The van der Waals surface area contributed by atoms with Crippen LogP contribution in [0.2, 0.25) is 0 Å². The van der Waals surface area contributed by atoms with Crippen molar-refractivity contribution in [3.63, 3.8) is 0 Å². The molecule has 1 fully saturated rings. The monoisotopic (exact) mass is 282 g/mol. The molecule has 1 aliphatic heterocycles. The molecule has 110 valence electrons. The van der Waals surface area contributed by atoms with Crippen molar-refractivity contribution in [2.75, 3.05) is 13.1 Å². The van der Waals surface area contributed by atoms with Gasteiger partial charge in [-0.1, -0.05) is 30.3 Å². The molecule has 1 aliphatic rings. The van der Waals surface area contributed by atoms with Gasteiger partial charge in [0, 0.05) is 25.3 Å². The minimum absolute atomic E-state index is 0.596. The third kappa shape index (κ3) is 4.34. The fourth-order valence-corrected chi connectivity index (χ4v) is 2.81. The van der Waals surface area contributed by atoms with Crippen molar-refractivity contribution < 1.29 is 0 Å². The average Bonchev–Trinajstić information content (AvgIpc) is 2.56. The van der Waals surface area contributed by atoms with E-state index in [1.54, 1.807) is 6.20 Å². The Morgan fingerprint density at radius 2 is 1.86 bits per heavy atom. The van der Waals surface area contributed by atoms with Crippen molar-refractivity contribution in [3.05, 3.63) is 59.9 Å². The highest BCUT2D eigenvalue weighted by Gasteiger charge is 2.18. The lowest BCUT2D eigenvalue weighted by Crippen LogP contribution is -2.41. The molecule has 1 N–H and O–H groups in total. The molecule has 0 amide bonds. The number of rotatable bonds is 5. The normalized spacial score (nSPS) is 17.0. The van der Waals surface area contributed by atoms with Gasteiger partial charge in [-0.2, -0.15) is 10.2 Å². The van der Waals surface area contributed by atoms with Crippen molar-refractivity contribution in [2.45, 2.75) is 32.0 Å². The van der Waals surface area contributed by atoms with Gasteiger partial charge < -0.3 is 5.32 Å². The van der Waals surface area contributed by atoms with Crippen LogP contribution >= 0.6 is 0 Å². The van der Waals surface area contributed by atoms with Gasteiger partial charge in [0.1, 0.15) is 0 Å². The van der Waals surface area contributed by atoms with E-state index in [9.17, 15) is 0 Å². The molecule has 2 heterocycles. The van der Waals surface area contributed by atoms with E-state index in [4.69, 9.17) is 0 Å². The first kappa shape index (κ1) is 14.2. The number of likely N-dealkylation sites (tertiary alicyclic amines) is 1. The van der Waals surface area contributed by atoms with Gasteiger partial charge >= 0.3 is 0 Å². The number of hydrogen-bond acceptors (Lipinski definition) is 4. The topological polar surface area (TPSA) is 41.0 Å². The van der Waals surface area contributed by atoms with Gasteiger partial charge in [0.2, 0.25) is 0 Å². The van der Waals surface area contributed by atoms with Crippen LogP contribution in [0.5, 0.6) is 0 Å². The van der Waals surface area contributed by atoms with Gasteiger partial charge in [0.15, 0.2) is 0 Å². The van der Waals surface area contributed by atoms with E-state index in [1.165, 1.54) is 18.4 Å². The van der Waals surface area contributed by atoms with Crippen LogP contribution in [0, 0.1) is 0 Å². The summed E-state index contributed by atoms with van der Waals surface area (Å²) < 4.78 is 0. The highest BCUT2D eigenvalue weighted by Crippen LogP contribution is 2.14. The molecule has 0 bridgehead atoms. The molecule has 1 aromatic carbocycles. The molecule has 0 spiro atoms. The average molecular weight is 282 g/mol. The highest BCUT2D eigenvalue weighted by atomic mass is 15.1. The highest BCUT2D eigenvalue weighted by molar-refractivity contribution is 5.14. The zero-order valence-corrected chi connectivity index (χ0v) is 12.3. The van der Waals surface area contributed by atoms with E-state index in [-0.39, 0.29) is 0 Å². The Balaban J connectivity index is 1.41. The Bertz CT molecular complexity index is 521. The van der Waals surface area contributed by atoms with Crippen molar-refractivity contribution in [3.8, 4) is 0 Å². The second-order valence-electron chi connectivity index (χ2n) is 5.63. The van der Waals surface area contributed by atoms with Gasteiger partial charge in [-0.25, -0.2) is 0 Å². The number of nitrogens with one attached hydrogen (secondary N) is 1. The molecule has 3 rings (SSSR count). The van der Waals surface area contributed by atoms with E-state index in [1.807, 2.05) is 12.1 Å². The molecular weight excluding hydrogens is 260 g/mol. The SMILES string of the molecule is c1ccc(CN2CCC(NCc3cccnn3)CC2)cc1. The molecule has 1 saturated heterocycles. The summed E-state index contributed by atoms with van der Waals surface area (Å²) >= 11 is 0. The summed E-state index contributed by atoms with van der Waals surface area (Å²) in [4.78, 5) is 2.54. The van der Waals surface area contributed by atoms with Crippen LogP contribution in [-0.2, 0) is 13.1 Å². The summed E-state index contributed by atoms with van der Waals surface area (Å²) in [5, 5.41) is 11.6. The number of piperidine rings is 1. The van der Waals surface area contributed by atoms with Crippen LogP contribution < -0.4 is 5.32 Å². The smallest absolute Gasteiger partial charge is 0.0769 e. The summed E-state index contributed by atoms with van der Waals surface area (Å²) in [6.07, 6.45) is 4.12. The van der Waals surface area contributed by atoms with E-state index in [0.29, 0.717) is 6.04 Å². The lowest BCUT2D eigenvalue weighted by Gasteiger charge is -2.32. The molecule has 0 aliphatic carbocycles. The Morgan fingerprint density at radius 3 is 2.57 bits per heavy atom. The van der Waals surface area contributed by atoms with Crippen LogP contribution in [0.1, 0.15) is 24.1 Å². The summed E-state index contributed by atoms with van der Waals surface area (Å²) in [7, 11) is 0. The largest absolute Gasteiger partial charge is 0.308 e. The number of hydrogen-bond donors (Lipinski definition) is 1. The Hall–Kier alpha value is -1.78. The van der Waals surface area contributed by atoms with Crippen LogP contribution in [0.25, 0.3) is 0 Å². The quantitative estimate of drug-likeness (QED) is 0.913. The van der Waals surface area contributed by atoms with E-state index < -0.39 is 0 Å². The van der Waals surface area contributed by atoms with E-state index in [0.717, 1.165) is 31.9 Å². The summed E-state index contributed by atoms with van der Waals surface area (Å²) in [6, 6.07) is 15.3. The van der Waals surface area contributed by atoms with Gasteiger partial charge in [-0.05, 0) is 43.6 Å². The molecule has 0 unspecified atom stereocenters. The lowest BCUT2D eigenvalue weighted by atomic mass is 10.0. The van der Waals surface area contributed by atoms with E-state index in [2.05, 4.69) is 50.7 Å². The molecular formula is C17H22N4. The molecule has 0 atom stereocenters. The first-order chi connectivity index (χ1) is 10.4. The minimum atomic E-state index is 0.596. The van der Waals surface area contributed by atoms with Crippen LogP contribution in [0.15, 0.2) is 48.7 Å². The number of nitrogens with zero attached hydrogens (tertiary/aromatic N) is 3. The third-order valence-corrected chi connectivity index (χ3v) is 4.04. The maximum atomic E-state index is 4.11. The summed E-state index contributed by atoms with van der Waals surface area (Å²) in [5.41, 5.74) is 2.42. The van der Waals surface area contributed by atoms with Gasteiger partial charge in [-0.15, -0.1) is 0 Å². The van der Waals surface area contributed by atoms with Gasteiger partial charge in [0.25, 0.3) is 0 Å². The fourth-order valence-electron chi connectivity index (χ4n) is 2.81.